The third-order valence-corrected chi connectivity index (χ3v) is 9.05. The predicted octanol–water partition coefficient (Wildman–Crippen LogP) is 4.39. The number of amidine groups is 1. The van der Waals surface area contributed by atoms with E-state index in [0.29, 0.717) is 32.4 Å². The first-order valence-corrected chi connectivity index (χ1v) is 15.3. The summed E-state index contributed by atoms with van der Waals surface area (Å²) in [6, 6.07) is 3.80. The molecule has 0 aliphatic carbocycles. The fourth-order valence-corrected chi connectivity index (χ4v) is 7.00. The maximum absolute atomic E-state index is 14.0. The second-order valence-corrected chi connectivity index (χ2v) is 12.5. The Bertz CT molecular complexity index is 1610. The van der Waals surface area contributed by atoms with Gasteiger partial charge in [-0.25, -0.2) is 27.2 Å². The van der Waals surface area contributed by atoms with Crippen molar-refractivity contribution in [1.82, 2.24) is 24.4 Å². The Hall–Kier alpha value is -3.27. The van der Waals surface area contributed by atoms with E-state index in [1.807, 2.05) is 0 Å². The molecule has 2 aliphatic heterocycles. The van der Waals surface area contributed by atoms with Gasteiger partial charge in [-0.3, -0.25) is 9.79 Å². The van der Waals surface area contributed by atoms with Gasteiger partial charge in [-0.05, 0) is 24.6 Å². The summed E-state index contributed by atoms with van der Waals surface area (Å²) in [5.41, 5.74) is 1.66. The van der Waals surface area contributed by atoms with Crippen LogP contribution in [0.15, 0.2) is 52.7 Å². The number of alkyl halides is 2. The van der Waals surface area contributed by atoms with Gasteiger partial charge in [0.25, 0.3) is 0 Å². The van der Waals surface area contributed by atoms with Crippen molar-refractivity contribution >= 4 is 50.3 Å². The zero-order valence-electron chi connectivity index (χ0n) is 21.5. The van der Waals surface area contributed by atoms with Gasteiger partial charge >= 0.3 is 12.5 Å². The molecular formula is C25H24ClF3N6O4S2. The number of hydrogen-bond donors (Lipinski definition) is 1. The van der Waals surface area contributed by atoms with Crippen LogP contribution in [0.5, 0.6) is 0 Å². The maximum Gasteiger partial charge on any atom is 0.333 e. The van der Waals surface area contributed by atoms with E-state index in [2.05, 4.69) is 14.8 Å². The molecule has 1 N–H and O–H groups in total. The molecule has 0 bridgehead atoms. The normalized spacial score (nSPS) is 19.1. The first-order valence-electron chi connectivity index (χ1n) is 12.4. The van der Waals surface area contributed by atoms with Crippen molar-refractivity contribution in [3.63, 3.8) is 0 Å². The Morgan fingerprint density at radius 2 is 2.12 bits per heavy atom. The zero-order chi connectivity index (χ0) is 29.3. The lowest BCUT2D eigenvalue weighted by atomic mass is 9.92. The van der Waals surface area contributed by atoms with E-state index >= 15 is 0 Å². The number of nitrogens with zero attached hydrogens (tertiary/aromatic N) is 5. The lowest BCUT2D eigenvalue weighted by molar-refractivity contribution is -0.140. The average Bonchev–Trinajstić information content (AvgIpc) is 3.66. The molecule has 1 saturated heterocycles. The molecule has 10 nitrogen and oxygen atoms in total. The fourth-order valence-electron chi connectivity index (χ4n) is 4.81. The molecule has 4 heterocycles. The number of nitrogens with one attached hydrogen (secondary N) is 1. The number of carbonyl (C=O) groups excluding carboxylic acids is 1. The van der Waals surface area contributed by atoms with Crippen molar-refractivity contribution in [3.8, 4) is 0 Å². The highest BCUT2D eigenvalue weighted by atomic mass is 35.5. The van der Waals surface area contributed by atoms with Crippen molar-refractivity contribution in [3.05, 3.63) is 74.8 Å². The van der Waals surface area contributed by atoms with Gasteiger partial charge in [0.15, 0.2) is 10.8 Å². The molecule has 218 valence electrons. The van der Waals surface area contributed by atoms with Crippen LogP contribution in [0.1, 0.15) is 48.6 Å². The summed E-state index contributed by atoms with van der Waals surface area (Å²) in [5.74, 6) is -0.876. The standard InChI is InChI=1S/C25H24ClF3N6O4S2/c1-14(36)39-8-2-10-41(37,38)33-16-12-20-21(19-5-7-35(32-19)25(28)29)22(17-4-3-15(27)11-18(17)26)31-23(34(20)13-16)24-30-6-9-40-24/h3-7,9,11,16,22,25,33H,2,8,10,12-13H2,1H3/t16-,22-/m0/s1. The Morgan fingerprint density at radius 3 is 2.78 bits per heavy atom. The van der Waals surface area contributed by atoms with E-state index in [4.69, 9.17) is 21.3 Å². The fraction of sp³-hybridized carbons (Fsp3) is 0.360. The second kappa shape index (κ2) is 11.9. The number of aliphatic imine (C=N–C) groups is 1. The van der Waals surface area contributed by atoms with E-state index < -0.39 is 40.4 Å². The van der Waals surface area contributed by atoms with Crippen molar-refractivity contribution < 1.29 is 31.1 Å². The molecule has 3 aromatic rings. The van der Waals surface area contributed by atoms with E-state index in [1.165, 1.54) is 36.5 Å². The van der Waals surface area contributed by atoms with Crippen LogP contribution in [0.4, 0.5) is 13.2 Å². The largest absolute Gasteiger partial charge is 0.466 e. The summed E-state index contributed by atoms with van der Waals surface area (Å²) in [5, 5.41) is 6.47. The third kappa shape index (κ3) is 6.47. The molecule has 2 aliphatic rings. The highest BCUT2D eigenvalue weighted by Crippen LogP contribution is 2.46. The highest BCUT2D eigenvalue weighted by molar-refractivity contribution is 7.89. The molecular weight excluding hydrogens is 605 g/mol. The number of ether oxygens (including phenoxy) is 1. The molecule has 16 heteroatoms. The number of halogens is 4. The Balaban J connectivity index is 1.56. The zero-order valence-corrected chi connectivity index (χ0v) is 23.9. The number of aromatic nitrogens is 3. The lowest BCUT2D eigenvalue weighted by Crippen LogP contribution is -2.40. The van der Waals surface area contributed by atoms with Crippen LogP contribution in [0.3, 0.4) is 0 Å². The topological polar surface area (TPSA) is 119 Å². The quantitative estimate of drug-likeness (QED) is 0.261. The monoisotopic (exact) mass is 628 g/mol. The number of rotatable bonds is 10. The Kier molecular flexibility index (Phi) is 8.50. The number of carbonyl (C=O) groups is 1. The molecule has 0 saturated carbocycles. The van der Waals surface area contributed by atoms with Crippen molar-refractivity contribution in [1.29, 1.82) is 0 Å². The van der Waals surface area contributed by atoms with Crippen LogP contribution >= 0.6 is 22.9 Å². The van der Waals surface area contributed by atoms with Crippen LogP contribution in [0.2, 0.25) is 5.02 Å². The van der Waals surface area contributed by atoms with Crippen LogP contribution < -0.4 is 4.72 Å². The highest BCUT2D eigenvalue weighted by Gasteiger charge is 2.42. The average molecular weight is 629 g/mol. The van der Waals surface area contributed by atoms with Gasteiger partial charge in [0.2, 0.25) is 10.0 Å². The number of benzene rings is 1. The van der Waals surface area contributed by atoms with Crippen molar-refractivity contribution in [2.45, 2.75) is 38.4 Å². The third-order valence-electron chi connectivity index (χ3n) is 6.43. The van der Waals surface area contributed by atoms with Crippen LogP contribution in [0, 0.1) is 5.82 Å². The van der Waals surface area contributed by atoms with Gasteiger partial charge in [-0.15, -0.1) is 11.3 Å². The van der Waals surface area contributed by atoms with Gasteiger partial charge < -0.3 is 9.64 Å². The second-order valence-electron chi connectivity index (χ2n) is 9.32. The predicted molar refractivity (Wildman–Crippen MR) is 146 cm³/mol. The van der Waals surface area contributed by atoms with Crippen LogP contribution in [-0.2, 0) is 19.6 Å². The van der Waals surface area contributed by atoms with E-state index in [0.717, 1.165) is 12.3 Å². The molecule has 2 aromatic heterocycles. The first kappa shape index (κ1) is 29.2. The summed E-state index contributed by atoms with van der Waals surface area (Å²) in [6.07, 6.45) is 3.03. The summed E-state index contributed by atoms with van der Waals surface area (Å²) in [4.78, 5) is 22.1. The van der Waals surface area contributed by atoms with Gasteiger partial charge in [-0.1, -0.05) is 17.7 Å². The molecule has 41 heavy (non-hydrogen) atoms. The minimum Gasteiger partial charge on any atom is -0.466 e. The van der Waals surface area contributed by atoms with Crippen LogP contribution in [0.25, 0.3) is 5.57 Å². The maximum atomic E-state index is 14.0. The Morgan fingerprint density at radius 1 is 1.32 bits per heavy atom. The van der Waals surface area contributed by atoms with Gasteiger partial charge in [0.05, 0.1) is 18.1 Å². The van der Waals surface area contributed by atoms with Gasteiger partial charge in [0.1, 0.15) is 11.9 Å². The molecule has 0 spiro atoms. The Labute approximate surface area is 242 Å². The minimum atomic E-state index is -3.77. The summed E-state index contributed by atoms with van der Waals surface area (Å²) in [6.45, 7) is -1.49. The van der Waals surface area contributed by atoms with Crippen molar-refractivity contribution in [2.24, 2.45) is 4.99 Å². The van der Waals surface area contributed by atoms with E-state index in [9.17, 15) is 26.4 Å². The SMILES string of the molecule is CC(=O)OCCCS(=O)(=O)N[C@H]1CC2=C(c3ccn(C(F)F)n3)[C@H](c3ccc(F)cc3Cl)N=C(c3nccs3)N2C1. The first-order chi connectivity index (χ1) is 19.5. The number of fused-ring (bicyclic) bond motifs is 1. The molecule has 5 rings (SSSR count). The molecule has 2 atom stereocenters. The van der Waals surface area contributed by atoms with Crippen LogP contribution in [-0.4, -0.2) is 64.8 Å². The molecule has 0 unspecified atom stereocenters. The molecule has 1 aromatic carbocycles. The molecule has 0 radical (unpaired) electrons. The molecule has 0 amide bonds. The summed E-state index contributed by atoms with van der Waals surface area (Å²) < 4.78 is 74.7. The van der Waals surface area contributed by atoms with E-state index in [-0.39, 0.29) is 42.5 Å². The summed E-state index contributed by atoms with van der Waals surface area (Å²) in [7, 11) is -3.77. The van der Waals surface area contributed by atoms with Gasteiger partial charge in [-0.2, -0.15) is 13.9 Å². The lowest BCUT2D eigenvalue weighted by Gasteiger charge is -2.32. The molecule has 1 fully saturated rings. The van der Waals surface area contributed by atoms with Crippen molar-refractivity contribution in [2.75, 3.05) is 18.9 Å². The summed E-state index contributed by atoms with van der Waals surface area (Å²) >= 11 is 7.77. The smallest absolute Gasteiger partial charge is 0.333 e. The number of thiazole rings is 1. The van der Waals surface area contributed by atoms with E-state index in [1.54, 1.807) is 16.5 Å². The minimum absolute atomic E-state index is 0.0317. The number of sulfonamides is 1. The number of esters is 1. The van der Waals surface area contributed by atoms with Gasteiger partial charge in [0, 0.05) is 65.6 Å². The number of hydrogen-bond acceptors (Lipinski definition) is 9.